The van der Waals surface area contributed by atoms with E-state index in [1.54, 1.807) is 113 Å². The van der Waals surface area contributed by atoms with Crippen molar-refractivity contribution in [2.75, 3.05) is 97.7 Å². The van der Waals surface area contributed by atoms with E-state index in [0.29, 0.717) is 150 Å². The maximum Gasteiger partial charge on any atom is 0.296 e. The zero-order chi connectivity index (χ0) is 85.4. The molecule has 36 heteroatoms. The van der Waals surface area contributed by atoms with E-state index in [0.717, 1.165) is 22.4 Å². The van der Waals surface area contributed by atoms with Crippen LogP contribution >= 0.6 is 0 Å². The van der Waals surface area contributed by atoms with Crippen molar-refractivity contribution in [1.29, 1.82) is 0 Å². The quantitative estimate of drug-likeness (QED) is 0.0563. The molecule has 3 N–H and O–H groups in total. The third kappa shape index (κ3) is 17.6. The number of likely N-dealkylation sites (tertiary alicyclic amines) is 3. The van der Waals surface area contributed by atoms with Crippen molar-refractivity contribution >= 4 is 84.2 Å². The van der Waals surface area contributed by atoms with Crippen LogP contribution in [0.25, 0.3) is 49.7 Å². The molecule has 3 saturated heterocycles. The lowest BCUT2D eigenvalue weighted by atomic mass is 10.0. The topological polar surface area (TPSA) is 297 Å². The molecule has 618 valence electrons. The number of nitrogens with one attached hydrogen (secondary N) is 3. The molecular formula is C84H81F6N21O9. The summed E-state index contributed by atoms with van der Waals surface area (Å²) in [6, 6.07) is 37.1. The summed E-state index contributed by atoms with van der Waals surface area (Å²) < 4.78 is 164. The number of piperidine rings is 3. The summed E-state index contributed by atoms with van der Waals surface area (Å²) in [5.41, 5.74) is 7.97. The first-order valence-corrected chi connectivity index (χ1v) is 37.8. The van der Waals surface area contributed by atoms with Crippen LogP contribution in [0.2, 0.25) is 0 Å². The Labute approximate surface area is 684 Å². The van der Waals surface area contributed by atoms with Gasteiger partial charge in [0.25, 0.3) is 17.8 Å². The second kappa shape index (κ2) is 33.7. The lowest BCUT2D eigenvalue weighted by molar-refractivity contribution is -0.135. The average Bonchev–Trinajstić information content (AvgIpc) is 1.54. The van der Waals surface area contributed by atoms with Gasteiger partial charge in [0.05, 0.1) is 76.4 Å². The second-order valence-electron chi connectivity index (χ2n) is 28.9. The highest BCUT2D eigenvalue weighted by molar-refractivity contribution is 5.99. The molecule has 3 atom stereocenters. The zero-order valence-corrected chi connectivity index (χ0v) is 66.3. The molecule has 0 radical (unpaired) electrons. The van der Waals surface area contributed by atoms with Gasteiger partial charge in [-0.1, -0.05) is 0 Å². The minimum Gasteiger partial charge on any atom is -0.497 e. The SMILES string of the molecule is COc1ccc2ncnc(Nc3ccc(Oc4ccn5ncnc5c4)c(C)c3)c2c1OC1CCN(C)CC1(F)F.[2H]C1(Oc2cc(OC)cc3ncnc(Nc4ccc(Oc5ccn6ncnc6c5)c(C)c4)c23)CCN(C)CC1(F)F.[2H]C1(Oc2cc(OC)cc3ncnc(Nc4ccc(Oc5ccn6ncnc6c5)c(C)c4)c23)CCN(C)CC1(F)F. The third-order valence-corrected chi connectivity index (χ3v) is 20.2. The highest BCUT2D eigenvalue weighted by Crippen LogP contribution is 2.46. The van der Waals surface area contributed by atoms with E-state index in [2.05, 4.69) is 76.1 Å². The maximum absolute atomic E-state index is 15.1. The van der Waals surface area contributed by atoms with Crippen LogP contribution in [0.4, 0.5) is 60.9 Å². The van der Waals surface area contributed by atoms with Crippen molar-refractivity contribution < 1.29 is 71.7 Å². The maximum atomic E-state index is 15.1. The number of rotatable bonds is 21. The highest BCUT2D eigenvalue weighted by Gasteiger charge is 2.48. The number of anilines is 6. The first-order chi connectivity index (χ1) is 58.6. The van der Waals surface area contributed by atoms with E-state index < -0.39 is 49.1 Å². The van der Waals surface area contributed by atoms with Crippen molar-refractivity contribution in [2.24, 2.45) is 0 Å². The molecule has 0 amide bonds. The summed E-state index contributed by atoms with van der Waals surface area (Å²) >= 11 is 0. The largest absolute Gasteiger partial charge is 0.497 e. The van der Waals surface area contributed by atoms with Gasteiger partial charge in [0.15, 0.2) is 46.7 Å². The van der Waals surface area contributed by atoms with Gasteiger partial charge in [0.2, 0.25) is 0 Å². The van der Waals surface area contributed by atoms with Gasteiger partial charge in [-0.3, -0.25) is 0 Å². The first-order valence-electron chi connectivity index (χ1n) is 38.8. The normalized spacial score (nSPS) is 18.6. The van der Waals surface area contributed by atoms with E-state index in [4.69, 9.17) is 45.4 Å². The van der Waals surface area contributed by atoms with E-state index in [9.17, 15) is 8.78 Å². The molecule has 3 fully saturated rings. The lowest BCUT2D eigenvalue weighted by Gasteiger charge is -2.36. The van der Waals surface area contributed by atoms with E-state index in [1.165, 1.54) is 81.2 Å². The van der Waals surface area contributed by atoms with Crippen molar-refractivity contribution in [3.63, 3.8) is 0 Å². The fourth-order valence-electron chi connectivity index (χ4n) is 14.1. The molecule has 15 aromatic rings. The molecule has 18 rings (SSSR count). The average molecular weight is 1640 g/mol. The fourth-order valence-corrected chi connectivity index (χ4v) is 14.1. The molecule has 30 nitrogen and oxygen atoms in total. The Kier molecular flexibility index (Phi) is 21.8. The number of pyridine rings is 3. The molecule has 12 heterocycles. The number of ether oxygens (including phenoxy) is 9. The number of aromatic nitrogens is 15. The number of halogens is 6. The standard InChI is InChI=1S/3C28H27F2N7O3/c1-17-12-18(4-6-21(17)39-19-8-11-37-24(13-19)32-16-34-37)35-27-25-20(31-15-33-27)5-7-22(38-3)26(25)40-23-9-10-36(2)14-28(23,29)30;2*1-17-10-18(4-5-22(17)39-19-6-9-37-25(13-19)32-16-34-37)35-27-26-21(31-15-33-27)11-20(38-3)12-23(26)40-24-7-8-36(2)14-28(24,29)30/h4-8,11-13,15-16,23H,9-10,14H2,1-3H3,(H,31,33,35);2*4-6,9-13,15-16,24H,7-8,14H2,1-3H3,(H,31,33,35)/i;2*24D. The van der Waals surface area contributed by atoms with Crippen LogP contribution in [0.15, 0.2) is 184 Å². The molecular weight excluding hydrogens is 1560 g/mol. The molecule has 120 heavy (non-hydrogen) atoms. The molecule has 3 aliphatic heterocycles. The number of benzene rings is 6. The molecule has 0 spiro atoms. The predicted octanol–water partition coefficient (Wildman–Crippen LogP) is 15.7. The fraction of sp³-hybridized carbons (Fsp3) is 0.286. The zero-order valence-electron chi connectivity index (χ0n) is 68.3. The predicted molar refractivity (Wildman–Crippen MR) is 435 cm³/mol. The van der Waals surface area contributed by atoms with E-state index in [-0.39, 0.29) is 43.1 Å². The Morgan fingerprint density at radius 2 is 0.742 bits per heavy atom. The summed E-state index contributed by atoms with van der Waals surface area (Å²) in [7, 11) is 9.26. The number of alkyl halides is 6. The number of methoxy groups -OCH3 is 3. The number of fused-ring (bicyclic) bond motifs is 6. The van der Waals surface area contributed by atoms with Gasteiger partial charge >= 0.3 is 0 Å². The molecule has 3 aliphatic rings. The van der Waals surface area contributed by atoms with Crippen molar-refractivity contribution in [1.82, 2.24) is 88.4 Å². The molecule has 3 unspecified atom stereocenters. The smallest absolute Gasteiger partial charge is 0.296 e. The summed E-state index contributed by atoms with van der Waals surface area (Å²) in [5, 5.41) is 23.2. The summed E-state index contributed by atoms with van der Waals surface area (Å²) in [6.07, 6.45) is 7.40. The summed E-state index contributed by atoms with van der Waals surface area (Å²) in [4.78, 5) is 43.3. The Hall–Kier alpha value is -13.7. The van der Waals surface area contributed by atoms with Crippen LogP contribution < -0.4 is 58.6 Å². The van der Waals surface area contributed by atoms with Crippen LogP contribution in [0, 0.1) is 20.8 Å². The Morgan fingerprint density at radius 3 is 1.12 bits per heavy atom. The van der Waals surface area contributed by atoms with Gasteiger partial charge in [-0.05, 0) is 144 Å². The van der Waals surface area contributed by atoms with Crippen LogP contribution in [0.1, 0.15) is 38.7 Å². The van der Waals surface area contributed by atoms with Gasteiger partial charge in [0, 0.05) is 117 Å². The Balaban J connectivity index is 0.000000136. The van der Waals surface area contributed by atoms with Crippen molar-refractivity contribution in [3.8, 4) is 69.0 Å². The minimum atomic E-state index is -3.41. The monoisotopic (exact) mass is 1640 g/mol. The van der Waals surface area contributed by atoms with Crippen LogP contribution in [0.3, 0.4) is 0 Å². The van der Waals surface area contributed by atoms with E-state index in [1.807, 2.05) is 81.4 Å². The van der Waals surface area contributed by atoms with Crippen molar-refractivity contribution in [2.45, 2.75) is 76.1 Å². The third-order valence-electron chi connectivity index (χ3n) is 20.2. The van der Waals surface area contributed by atoms with Crippen LogP contribution in [-0.2, 0) is 0 Å². The highest BCUT2D eigenvalue weighted by atomic mass is 19.3. The molecule has 0 bridgehead atoms. The summed E-state index contributed by atoms with van der Waals surface area (Å²) in [5.74, 6) is -3.71. The summed E-state index contributed by atoms with van der Waals surface area (Å²) in [6.45, 7) is 5.27. The molecule has 6 aromatic carbocycles. The molecule has 0 saturated carbocycles. The number of aryl methyl sites for hydroxylation is 3. The Bertz CT molecular complexity index is 6140. The van der Waals surface area contributed by atoms with E-state index >= 15 is 17.6 Å². The van der Waals surface area contributed by atoms with Gasteiger partial charge in [-0.2, -0.15) is 15.3 Å². The second-order valence-corrected chi connectivity index (χ2v) is 28.9. The van der Waals surface area contributed by atoms with Gasteiger partial charge < -0.3 is 73.3 Å². The van der Waals surface area contributed by atoms with Gasteiger partial charge in [0.1, 0.15) is 113 Å². The number of nitrogens with zero attached hydrogens (tertiary/aromatic N) is 18. The minimum absolute atomic E-state index is 0.0298. The first kappa shape index (κ1) is 77.5. The van der Waals surface area contributed by atoms with Gasteiger partial charge in [-0.15, -0.1) is 0 Å². The molecule has 9 aromatic heterocycles. The molecule has 0 aliphatic carbocycles. The number of hydrogen-bond donors (Lipinski definition) is 3. The van der Waals surface area contributed by atoms with Gasteiger partial charge in [-0.25, -0.2) is 84.7 Å². The van der Waals surface area contributed by atoms with Crippen molar-refractivity contribution in [3.05, 3.63) is 201 Å². The van der Waals surface area contributed by atoms with Crippen LogP contribution in [-0.4, -0.2) is 206 Å². The number of hydrogen-bond acceptors (Lipinski definition) is 27. The Morgan fingerprint density at radius 1 is 0.367 bits per heavy atom. The van der Waals surface area contributed by atoms with Crippen LogP contribution in [0.5, 0.6) is 69.0 Å². The lowest BCUT2D eigenvalue weighted by Crippen LogP contribution is -2.52.